The van der Waals surface area contributed by atoms with Gasteiger partial charge in [0.25, 0.3) is 5.69 Å². The summed E-state index contributed by atoms with van der Waals surface area (Å²) in [5, 5.41) is 13.5. The van der Waals surface area contributed by atoms with Crippen LogP contribution in [0.5, 0.6) is 0 Å². The minimum Gasteiger partial charge on any atom is -0.380 e. The van der Waals surface area contributed by atoms with Crippen molar-refractivity contribution in [2.24, 2.45) is 0 Å². The van der Waals surface area contributed by atoms with Crippen molar-refractivity contribution in [2.75, 3.05) is 25.5 Å². The highest BCUT2D eigenvalue weighted by atomic mass is 16.6. The topological polar surface area (TPSA) is 84.7 Å². The standard InChI is InChI=1S/C14H19N3O4/c1-10-8-11(5-6-13(10)17(19)20)15-14(18)16-7-3-4-12(9-16)21-2/h5-6,8,12H,3-4,7,9H2,1-2H3,(H,15,18)/t12-/m0/s1. The number of hydrogen-bond donors (Lipinski definition) is 1. The molecule has 1 aromatic carbocycles. The zero-order valence-corrected chi connectivity index (χ0v) is 12.2. The molecule has 1 heterocycles. The number of rotatable bonds is 3. The maximum Gasteiger partial charge on any atom is 0.321 e. The van der Waals surface area contributed by atoms with Gasteiger partial charge in [-0.3, -0.25) is 10.1 Å². The minimum absolute atomic E-state index is 0.0467. The van der Waals surface area contributed by atoms with Crippen LogP contribution in [0.3, 0.4) is 0 Å². The number of urea groups is 1. The molecule has 0 saturated carbocycles. The van der Waals surface area contributed by atoms with E-state index in [1.54, 1.807) is 31.1 Å². The van der Waals surface area contributed by atoms with Crippen molar-refractivity contribution in [3.05, 3.63) is 33.9 Å². The molecule has 1 saturated heterocycles. The third-order valence-electron chi connectivity index (χ3n) is 3.64. The molecule has 0 aliphatic carbocycles. The Morgan fingerprint density at radius 3 is 2.90 bits per heavy atom. The summed E-state index contributed by atoms with van der Waals surface area (Å²) in [5.74, 6) is 0. The zero-order chi connectivity index (χ0) is 15.4. The van der Waals surface area contributed by atoms with Gasteiger partial charge in [0.1, 0.15) is 0 Å². The van der Waals surface area contributed by atoms with Crippen molar-refractivity contribution in [3.63, 3.8) is 0 Å². The lowest BCUT2D eigenvalue weighted by Crippen LogP contribution is -2.44. The number of piperidine rings is 1. The number of carbonyl (C=O) groups is 1. The van der Waals surface area contributed by atoms with Crippen LogP contribution in [0.1, 0.15) is 18.4 Å². The number of methoxy groups -OCH3 is 1. The normalized spacial score (nSPS) is 18.4. The molecule has 0 bridgehead atoms. The molecule has 0 aromatic heterocycles. The molecule has 7 nitrogen and oxygen atoms in total. The van der Waals surface area contributed by atoms with Gasteiger partial charge in [-0.15, -0.1) is 0 Å². The number of anilines is 1. The Hall–Kier alpha value is -2.15. The van der Waals surface area contributed by atoms with E-state index in [1.807, 2.05) is 0 Å². The van der Waals surface area contributed by atoms with E-state index in [2.05, 4.69) is 5.32 Å². The number of hydrogen-bond acceptors (Lipinski definition) is 4. The Labute approximate surface area is 123 Å². The Balaban J connectivity index is 2.02. The maximum atomic E-state index is 12.2. The first-order valence-corrected chi connectivity index (χ1v) is 6.85. The highest BCUT2D eigenvalue weighted by molar-refractivity contribution is 5.89. The number of nitrogens with one attached hydrogen (secondary N) is 1. The minimum atomic E-state index is -0.436. The highest BCUT2D eigenvalue weighted by Gasteiger charge is 2.23. The summed E-state index contributed by atoms with van der Waals surface area (Å²) in [6.45, 7) is 2.90. The molecule has 1 aliphatic heterocycles. The molecule has 1 atom stereocenters. The Bertz CT molecular complexity index is 547. The van der Waals surface area contributed by atoms with Crippen molar-refractivity contribution >= 4 is 17.4 Å². The number of aryl methyl sites for hydroxylation is 1. The van der Waals surface area contributed by atoms with Crippen LogP contribution in [0.15, 0.2) is 18.2 Å². The predicted molar refractivity (Wildman–Crippen MR) is 78.5 cm³/mol. The average molecular weight is 293 g/mol. The van der Waals surface area contributed by atoms with Crippen LogP contribution in [-0.4, -0.2) is 42.2 Å². The van der Waals surface area contributed by atoms with Gasteiger partial charge in [0.15, 0.2) is 0 Å². The van der Waals surface area contributed by atoms with Gasteiger partial charge < -0.3 is 15.0 Å². The number of likely N-dealkylation sites (tertiary alicyclic amines) is 1. The average Bonchev–Trinajstić information content (AvgIpc) is 2.47. The number of nitro groups is 1. The van der Waals surface area contributed by atoms with E-state index < -0.39 is 4.92 Å². The van der Waals surface area contributed by atoms with Gasteiger partial charge in [-0.25, -0.2) is 4.79 Å². The van der Waals surface area contributed by atoms with Gasteiger partial charge in [0.2, 0.25) is 0 Å². The fourth-order valence-corrected chi connectivity index (χ4v) is 2.46. The maximum absolute atomic E-state index is 12.2. The Morgan fingerprint density at radius 2 is 2.29 bits per heavy atom. The number of carbonyl (C=O) groups excluding carboxylic acids is 1. The summed E-state index contributed by atoms with van der Waals surface area (Å²) >= 11 is 0. The predicted octanol–water partition coefficient (Wildman–Crippen LogP) is 2.55. The second-order valence-corrected chi connectivity index (χ2v) is 5.13. The van der Waals surface area contributed by atoms with E-state index in [0.29, 0.717) is 24.3 Å². The van der Waals surface area contributed by atoms with Gasteiger partial charge >= 0.3 is 6.03 Å². The second kappa shape index (κ2) is 6.53. The third-order valence-corrected chi connectivity index (χ3v) is 3.64. The molecule has 0 unspecified atom stereocenters. The summed E-state index contributed by atoms with van der Waals surface area (Å²) in [4.78, 5) is 24.2. The number of benzene rings is 1. The summed E-state index contributed by atoms with van der Waals surface area (Å²) in [7, 11) is 1.64. The smallest absolute Gasteiger partial charge is 0.321 e. The lowest BCUT2D eigenvalue weighted by atomic mass is 10.1. The summed E-state index contributed by atoms with van der Waals surface area (Å²) < 4.78 is 5.29. The quantitative estimate of drug-likeness (QED) is 0.685. The van der Waals surface area contributed by atoms with Gasteiger partial charge in [0.05, 0.1) is 11.0 Å². The summed E-state index contributed by atoms with van der Waals surface area (Å²) in [6, 6.07) is 4.35. The summed E-state index contributed by atoms with van der Waals surface area (Å²) in [5.41, 5.74) is 1.12. The van der Waals surface area contributed by atoms with E-state index in [4.69, 9.17) is 4.74 Å². The SMILES string of the molecule is CO[C@H]1CCCN(C(=O)Nc2ccc([N+](=O)[O-])c(C)c2)C1. The molecule has 114 valence electrons. The molecule has 1 aromatic rings. The Kier molecular flexibility index (Phi) is 4.74. The fraction of sp³-hybridized carbons (Fsp3) is 0.500. The van der Waals surface area contributed by atoms with Crippen molar-refractivity contribution in [2.45, 2.75) is 25.9 Å². The van der Waals surface area contributed by atoms with Crippen molar-refractivity contribution in [1.29, 1.82) is 0 Å². The first-order chi connectivity index (χ1) is 10.0. The molecule has 1 aliphatic rings. The Morgan fingerprint density at radius 1 is 1.52 bits per heavy atom. The van der Waals surface area contributed by atoms with Crippen molar-refractivity contribution < 1.29 is 14.5 Å². The molecular formula is C14H19N3O4. The monoisotopic (exact) mass is 293 g/mol. The van der Waals surface area contributed by atoms with Gasteiger partial charge in [-0.2, -0.15) is 0 Å². The number of nitro benzene ring substituents is 1. The lowest BCUT2D eigenvalue weighted by Gasteiger charge is -2.31. The van der Waals surface area contributed by atoms with E-state index >= 15 is 0 Å². The van der Waals surface area contributed by atoms with Gasteiger partial charge in [-0.05, 0) is 31.9 Å². The molecule has 0 spiro atoms. The van der Waals surface area contributed by atoms with E-state index in [1.165, 1.54) is 6.07 Å². The molecule has 7 heteroatoms. The molecule has 1 N–H and O–H groups in total. The van der Waals surface area contributed by atoms with E-state index in [0.717, 1.165) is 12.8 Å². The first-order valence-electron chi connectivity index (χ1n) is 6.85. The number of ether oxygens (including phenoxy) is 1. The fourth-order valence-electron chi connectivity index (χ4n) is 2.46. The van der Waals surface area contributed by atoms with Crippen LogP contribution in [0.4, 0.5) is 16.2 Å². The van der Waals surface area contributed by atoms with Crippen LogP contribution in [0, 0.1) is 17.0 Å². The van der Waals surface area contributed by atoms with Gasteiger partial charge in [0, 0.05) is 37.5 Å². The molecular weight excluding hydrogens is 274 g/mol. The summed E-state index contributed by atoms with van der Waals surface area (Å²) in [6.07, 6.45) is 1.94. The van der Waals surface area contributed by atoms with Crippen LogP contribution in [-0.2, 0) is 4.74 Å². The zero-order valence-electron chi connectivity index (χ0n) is 12.2. The largest absolute Gasteiger partial charge is 0.380 e. The van der Waals surface area contributed by atoms with Crippen molar-refractivity contribution in [1.82, 2.24) is 4.90 Å². The first kappa shape index (κ1) is 15.2. The van der Waals surface area contributed by atoms with Crippen LogP contribution in [0.2, 0.25) is 0 Å². The van der Waals surface area contributed by atoms with Crippen LogP contribution < -0.4 is 5.32 Å². The molecule has 0 radical (unpaired) electrons. The second-order valence-electron chi connectivity index (χ2n) is 5.13. The number of amides is 2. The van der Waals surface area contributed by atoms with Crippen molar-refractivity contribution in [3.8, 4) is 0 Å². The van der Waals surface area contributed by atoms with Gasteiger partial charge in [-0.1, -0.05) is 0 Å². The molecule has 2 rings (SSSR count). The third kappa shape index (κ3) is 3.69. The molecule has 1 fully saturated rings. The highest BCUT2D eigenvalue weighted by Crippen LogP contribution is 2.22. The molecule has 21 heavy (non-hydrogen) atoms. The van der Waals surface area contributed by atoms with Crippen LogP contribution in [0.25, 0.3) is 0 Å². The number of nitrogens with zero attached hydrogens (tertiary/aromatic N) is 2. The van der Waals surface area contributed by atoms with E-state index in [9.17, 15) is 14.9 Å². The van der Waals surface area contributed by atoms with Crippen LogP contribution >= 0.6 is 0 Å². The molecule has 2 amide bonds. The lowest BCUT2D eigenvalue weighted by molar-refractivity contribution is -0.385. The van der Waals surface area contributed by atoms with E-state index in [-0.39, 0.29) is 17.8 Å².